The number of carbonyl (C=O) groups excluding carboxylic acids is 1. The van der Waals surface area contributed by atoms with Crippen molar-refractivity contribution in [3.05, 3.63) is 29.8 Å². The lowest BCUT2D eigenvalue weighted by molar-refractivity contribution is -0.120. The van der Waals surface area contributed by atoms with Crippen LogP contribution in [-0.2, 0) is 21.2 Å². The fourth-order valence-electron chi connectivity index (χ4n) is 1.43. The van der Waals surface area contributed by atoms with E-state index in [0.717, 1.165) is 5.56 Å². The number of benzene rings is 1. The fourth-order valence-corrected chi connectivity index (χ4v) is 1.98. The third kappa shape index (κ3) is 5.65. The first-order valence-corrected chi connectivity index (χ1v) is 7.20. The number of carbonyl (C=O) groups is 1. The van der Waals surface area contributed by atoms with Crippen LogP contribution in [0.25, 0.3) is 0 Å². The van der Waals surface area contributed by atoms with Crippen LogP contribution in [0.15, 0.2) is 24.3 Å². The summed E-state index contributed by atoms with van der Waals surface area (Å²) in [6.07, 6.45) is 0.483. The number of nitrogens with two attached hydrogens (primary N) is 2. The molecule has 0 radical (unpaired) electrons. The summed E-state index contributed by atoms with van der Waals surface area (Å²) in [5.74, 6) is -0.330. The van der Waals surface area contributed by atoms with E-state index >= 15 is 0 Å². The summed E-state index contributed by atoms with van der Waals surface area (Å²) in [5.41, 5.74) is 7.02. The van der Waals surface area contributed by atoms with Gasteiger partial charge in [-0.25, -0.2) is 13.6 Å². The fraction of sp³-hybridized carbons (Fsp3) is 0.364. The van der Waals surface area contributed by atoms with Crippen molar-refractivity contribution in [3.8, 4) is 0 Å². The van der Waals surface area contributed by atoms with Crippen LogP contribution in [0.3, 0.4) is 0 Å². The van der Waals surface area contributed by atoms with Crippen molar-refractivity contribution in [1.82, 2.24) is 5.32 Å². The molecule has 5 N–H and O–H groups in total. The molecule has 1 amide bonds. The van der Waals surface area contributed by atoms with E-state index in [1.807, 2.05) is 0 Å². The summed E-state index contributed by atoms with van der Waals surface area (Å²) in [5, 5.41) is 7.46. The Bertz CT molecular complexity index is 514. The third-order valence-electron chi connectivity index (χ3n) is 2.33. The van der Waals surface area contributed by atoms with E-state index in [4.69, 9.17) is 10.9 Å². The van der Waals surface area contributed by atoms with Crippen LogP contribution >= 0.6 is 0 Å². The van der Waals surface area contributed by atoms with E-state index in [9.17, 15) is 13.2 Å². The van der Waals surface area contributed by atoms with Gasteiger partial charge in [0.15, 0.2) is 0 Å². The maximum Gasteiger partial charge on any atom is 0.224 e. The van der Waals surface area contributed by atoms with Gasteiger partial charge in [0.25, 0.3) is 0 Å². The van der Waals surface area contributed by atoms with Crippen molar-refractivity contribution < 1.29 is 13.2 Å². The Morgan fingerprint density at radius 2 is 1.94 bits per heavy atom. The summed E-state index contributed by atoms with van der Waals surface area (Å²) in [6.45, 7) is 0.280. The molecule has 0 spiro atoms. The van der Waals surface area contributed by atoms with Crippen molar-refractivity contribution in [2.75, 3.05) is 18.0 Å². The van der Waals surface area contributed by atoms with Gasteiger partial charge in [-0.2, -0.15) is 0 Å². The van der Waals surface area contributed by atoms with Gasteiger partial charge in [-0.3, -0.25) is 4.79 Å². The molecule has 0 unspecified atom stereocenters. The highest BCUT2D eigenvalue weighted by Gasteiger charge is 2.06. The molecule has 0 fully saturated rings. The predicted molar refractivity (Wildman–Crippen MR) is 70.2 cm³/mol. The topological polar surface area (TPSA) is 115 Å². The highest BCUT2D eigenvalue weighted by molar-refractivity contribution is 7.89. The average molecular weight is 271 g/mol. The van der Waals surface area contributed by atoms with E-state index in [0.29, 0.717) is 12.1 Å². The molecule has 1 aromatic carbocycles. The van der Waals surface area contributed by atoms with Crippen LogP contribution in [0, 0.1) is 0 Å². The quantitative estimate of drug-likeness (QED) is 0.482. The molecule has 0 aliphatic heterocycles. The number of nitrogen functional groups attached to an aromatic ring is 1. The summed E-state index contributed by atoms with van der Waals surface area (Å²) in [7, 11) is -3.46. The SMILES string of the molecule is Nc1ccccc1CC(=O)NCCCS(N)(=O)=O. The zero-order chi connectivity index (χ0) is 13.6. The van der Waals surface area contributed by atoms with E-state index in [1.54, 1.807) is 24.3 Å². The van der Waals surface area contributed by atoms with Gasteiger partial charge in [-0.15, -0.1) is 0 Å². The first kappa shape index (κ1) is 14.5. The number of anilines is 1. The highest BCUT2D eigenvalue weighted by atomic mass is 32.2. The monoisotopic (exact) mass is 271 g/mol. The molecule has 0 heterocycles. The van der Waals surface area contributed by atoms with E-state index in [-0.39, 0.29) is 24.6 Å². The Labute approximate surface area is 106 Å². The molecule has 0 aromatic heterocycles. The molecule has 0 atom stereocenters. The van der Waals surface area contributed by atoms with E-state index in [2.05, 4.69) is 5.32 Å². The lowest BCUT2D eigenvalue weighted by Gasteiger charge is -2.06. The van der Waals surface area contributed by atoms with Gasteiger partial charge < -0.3 is 11.1 Å². The second-order valence-corrected chi connectivity index (χ2v) is 5.68. The molecule has 100 valence electrons. The van der Waals surface area contributed by atoms with Crippen molar-refractivity contribution in [1.29, 1.82) is 0 Å². The van der Waals surface area contributed by atoms with Crippen molar-refractivity contribution >= 4 is 21.6 Å². The molecular weight excluding hydrogens is 254 g/mol. The van der Waals surface area contributed by atoms with Crippen molar-refractivity contribution in [3.63, 3.8) is 0 Å². The first-order chi connectivity index (χ1) is 8.38. The highest BCUT2D eigenvalue weighted by Crippen LogP contribution is 2.10. The normalized spacial score (nSPS) is 11.2. The molecule has 7 heteroatoms. The van der Waals surface area contributed by atoms with Gasteiger partial charge in [0.1, 0.15) is 0 Å². The molecular formula is C11H17N3O3S. The van der Waals surface area contributed by atoms with Gasteiger partial charge in [0.05, 0.1) is 12.2 Å². The number of amides is 1. The Morgan fingerprint density at radius 1 is 1.28 bits per heavy atom. The number of hydrogen-bond acceptors (Lipinski definition) is 4. The zero-order valence-corrected chi connectivity index (χ0v) is 10.7. The molecule has 18 heavy (non-hydrogen) atoms. The minimum Gasteiger partial charge on any atom is -0.398 e. The number of para-hydroxylation sites is 1. The lowest BCUT2D eigenvalue weighted by Crippen LogP contribution is -2.28. The summed E-state index contributed by atoms with van der Waals surface area (Å²) in [4.78, 5) is 11.5. The second kappa shape index (κ2) is 6.36. The minimum absolute atomic E-state index is 0.138. The third-order valence-corrected chi connectivity index (χ3v) is 3.19. The van der Waals surface area contributed by atoms with E-state index < -0.39 is 10.0 Å². The average Bonchev–Trinajstić information content (AvgIpc) is 2.26. The Kier molecular flexibility index (Phi) is 5.11. The van der Waals surface area contributed by atoms with Gasteiger partial charge in [-0.05, 0) is 18.1 Å². The molecule has 0 aliphatic carbocycles. The molecule has 1 aromatic rings. The summed E-state index contributed by atoms with van der Waals surface area (Å²) in [6, 6.07) is 7.10. The number of sulfonamides is 1. The van der Waals surface area contributed by atoms with Gasteiger partial charge in [0, 0.05) is 12.2 Å². The first-order valence-electron chi connectivity index (χ1n) is 5.49. The molecule has 1 rings (SSSR count). The zero-order valence-electron chi connectivity index (χ0n) is 9.93. The number of hydrogen-bond donors (Lipinski definition) is 3. The number of rotatable bonds is 6. The van der Waals surface area contributed by atoms with Gasteiger partial charge in [-0.1, -0.05) is 18.2 Å². The van der Waals surface area contributed by atoms with Crippen LogP contribution < -0.4 is 16.2 Å². The molecule has 6 nitrogen and oxygen atoms in total. The maximum atomic E-state index is 11.5. The Balaban J connectivity index is 2.33. The van der Waals surface area contributed by atoms with Crippen LogP contribution in [0.1, 0.15) is 12.0 Å². The van der Waals surface area contributed by atoms with Crippen LogP contribution in [0.2, 0.25) is 0 Å². The maximum absolute atomic E-state index is 11.5. The molecule has 0 saturated carbocycles. The number of primary sulfonamides is 1. The summed E-state index contributed by atoms with van der Waals surface area (Å²) >= 11 is 0. The summed E-state index contributed by atoms with van der Waals surface area (Å²) < 4.78 is 21.3. The largest absolute Gasteiger partial charge is 0.398 e. The van der Waals surface area contributed by atoms with Crippen molar-refractivity contribution in [2.24, 2.45) is 5.14 Å². The second-order valence-electron chi connectivity index (χ2n) is 3.95. The molecule has 0 saturated heterocycles. The minimum atomic E-state index is -3.46. The Hall–Kier alpha value is -1.60. The van der Waals surface area contributed by atoms with Crippen molar-refractivity contribution in [2.45, 2.75) is 12.8 Å². The molecule has 0 aliphatic rings. The Morgan fingerprint density at radius 3 is 2.56 bits per heavy atom. The van der Waals surface area contributed by atoms with Crippen LogP contribution in [-0.4, -0.2) is 26.6 Å². The predicted octanol–water partition coefficient (Wildman–Crippen LogP) is -0.394. The smallest absolute Gasteiger partial charge is 0.224 e. The van der Waals surface area contributed by atoms with Gasteiger partial charge in [0.2, 0.25) is 15.9 Å². The van der Waals surface area contributed by atoms with E-state index in [1.165, 1.54) is 0 Å². The standard InChI is InChI=1S/C11H17N3O3S/c12-10-5-2-1-4-9(10)8-11(15)14-6-3-7-18(13,16)17/h1-2,4-5H,3,6-8,12H2,(H,14,15)(H2,13,16,17). The van der Waals surface area contributed by atoms with Gasteiger partial charge >= 0.3 is 0 Å². The molecule has 0 bridgehead atoms. The number of nitrogens with one attached hydrogen (secondary N) is 1. The van der Waals surface area contributed by atoms with Crippen LogP contribution in [0.4, 0.5) is 5.69 Å². The lowest BCUT2D eigenvalue weighted by atomic mass is 10.1. The van der Waals surface area contributed by atoms with Crippen LogP contribution in [0.5, 0.6) is 0 Å².